The lowest BCUT2D eigenvalue weighted by atomic mass is 9.71. The summed E-state index contributed by atoms with van der Waals surface area (Å²) in [6, 6.07) is -1.22. The van der Waals surface area contributed by atoms with E-state index in [4.69, 9.17) is 18.9 Å². The second-order valence-electron chi connectivity index (χ2n) is 5.18. The number of rotatable bonds is 8. The minimum absolute atomic E-state index is 0.0639. The molecule has 0 aromatic heterocycles. The Morgan fingerprint density at radius 2 is 1.46 bits per heavy atom. The Bertz CT molecular complexity index is 432. The van der Waals surface area contributed by atoms with Crippen molar-refractivity contribution in [1.82, 2.24) is 5.32 Å². The molecule has 1 N–H and O–H groups in total. The molecule has 0 aromatic carbocycles. The SMILES string of the molecule is CCOC(=O)[C@@H]1NCC[C@H](OCC)C1(C(=O)OCC)C(=O)OCC. The van der Waals surface area contributed by atoms with Crippen LogP contribution in [-0.2, 0) is 33.3 Å². The van der Waals surface area contributed by atoms with Crippen LogP contribution in [0.25, 0.3) is 0 Å². The number of piperidine rings is 1. The first-order valence-electron chi connectivity index (χ1n) is 8.36. The molecule has 1 aliphatic rings. The number of hydrogen-bond donors (Lipinski definition) is 1. The Kier molecular flexibility index (Phi) is 8.14. The second kappa shape index (κ2) is 9.58. The average Bonchev–Trinajstić information content (AvgIpc) is 2.55. The van der Waals surface area contributed by atoms with Crippen molar-refractivity contribution in [2.75, 3.05) is 33.0 Å². The molecule has 1 saturated heterocycles. The van der Waals surface area contributed by atoms with Crippen LogP contribution < -0.4 is 5.32 Å². The van der Waals surface area contributed by atoms with Gasteiger partial charge in [-0.15, -0.1) is 0 Å². The highest BCUT2D eigenvalue weighted by molar-refractivity contribution is 6.06. The van der Waals surface area contributed by atoms with Crippen molar-refractivity contribution in [2.24, 2.45) is 5.41 Å². The highest BCUT2D eigenvalue weighted by Gasteiger charge is 2.65. The van der Waals surface area contributed by atoms with E-state index < -0.39 is 35.5 Å². The van der Waals surface area contributed by atoms with Crippen LogP contribution in [-0.4, -0.2) is 63.0 Å². The number of carbonyl (C=O) groups excluding carboxylic acids is 3. The fourth-order valence-corrected chi connectivity index (χ4v) is 2.93. The van der Waals surface area contributed by atoms with Crippen LogP contribution in [0.1, 0.15) is 34.1 Å². The predicted octanol–water partition coefficient (Wildman–Crippen LogP) is 0.429. The van der Waals surface area contributed by atoms with E-state index in [0.717, 1.165) is 0 Å². The van der Waals surface area contributed by atoms with Crippen molar-refractivity contribution in [3.63, 3.8) is 0 Å². The van der Waals surface area contributed by atoms with Crippen molar-refractivity contribution in [1.29, 1.82) is 0 Å². The molecular weight excluding hydrogens is 318 g/mol. The maximum absolute atomic E-state index is 12.8. The minimum atomic E-state index is -1.92. The van der Waals surface area contributed by atoms with Gasteiger partial charge in [0, 0.05) is 6.61 Å². The molecule has 138 valence electrons. The maximum Gasteiger partial charge on any atom is 0.328 e. The molecule has 1 fully saturated rings. The lowest BCUT2D eigenvalue weighted by Gasteiger charge is -2.43. The van der Waals surface area contributed by atoms with Crippen LogP contribution in [0.3, 0.4) is 0 Å². The van der Waals surface area contributed by atoms with Crippen LogP contribution >= 0.6 is 0 Å². The molecule has 0 saturated carbocycles. The van der Waals surface area contributed by atoms with E-state index in [1.807, 2.05) is 0 Å². The van der Waals surface area contributed by atoms with E-state index in [0.29, 0.717) is 13.0 Å². The van der Waals surface area contributed by atoms with Crippen molar-refractivity contribution in [2.45, 2.75) is 46.3 Å². The molecule has 0 radical (unpaired) electrons. The Balaban J connectivity index is 3.43. The van der Waals surface area contributed by atoms with Gasteiger partial charge in [0.1, 0.15) is 6.04 Å². The fraction of sp³-hybridized carbons (Fsp3) is 0.812. The lowest BCUT2D eigenvalue weighted by molar-refractivity contribution is -0.197. The molecule has 8 heteroatoms. The summed E-state index contributed by atoms with van der Waals surface area (Å²) in [5.41, 5.74) is -1.92. The quantitative estimate of drug-likeness (QED) is 0.384. The molecular formula is C16H27NO7. The third kappa shape index (κ3) is 3.87. The lowest BCUT2D eigenvalue weighted by Crippen LogP contribution is -2.69. The van der Waals surface area contributed by atoms with Gasteiger partial charge < -0.3 is 24.3 Å². The van der Waals surface area contributed by atoms with Gasteiger partial charge in [0.05, 0.1) is 25.9 Å². The zero-order valence-corrected chi connectivity index (χ0v) is 14.8. The van der Waals surface area contributed by atoms with Gasteiger partial charge in [-0.1, -0.05) is 0 Å². The third-order valence-corrected chi connectivity index (χ3v) is 3.83. The highest BCUT2D eigenvalue weighted by atomic mass is 16.6. The highest BCUT2D eigenvalue weighted by Crippen LogP contribution is 2.38. The normalized spacial score (nSPS) is 22.5. The summed E-state index contributed by atoms with van der Waals surface area (Å²) in [7, 11) is 0. The maximum atomic E-state index is 12.8. The summed E-state index contributed by atoms with van der Waals surface area (Å²) in [6.45, 7) is 7.58. The standard InChI is InChI=1S/C16H27NO7/c1-5-21-11-9-10-17-12(13(18)22-6-2)16(11,14(19)23-7-3)15(20)24-8-4/h11-12,17H,5-10H2,1-4H3/t11-,12-/m0/s1. The zero-order valence-electron chi connectivity index (χ0n) is 14.8. The van der Waals surface area contributed by atoms with E-state index >= 15 is 0 Å². The van der Waals surface area contributed by atoms with Crippen LogP contribution in [0, 0.1) is 5.41 Å². The molecule has 2 atom stereocenters. The van der Waals surface area contributed by atoms with Crippen molar-refractivity contribution < 1.29 is 33.3 Å². The third-order valence-electron chi connectivity index (χ3n) is 3.83. The molecule has 0 amide bonds. The van der Waals surface area contributed by atoms with Gasteiger partial charge >= 0.3 is 17.9 Å². The van der Waals surface area contributed by atoms with Gasteiger partial charge in [0.2, 0.25) is 5.41 Å². The first kappa shape index (κ1) is 20.4. The minimum Gasteiger partial charge on any atom is -0.465 e. The van der Waals surface area contributed by atoms with Crippen LogP contribution in [0.15, 0.2) is 0 Å². The largest absolute Gasteiger partial charge is 0.465 e. The van der Waals surface area contributed by atoms with Crippen molar-refractivity contribution in [3.05, 3.63) is 0 Å². The van der Waals surface area contributed by atoms with Gasteiger partial charge in [0.15, 0.2) is 0 Å². The number of carbonyl (C=O) groups is 3. The molecule has 1 rings (SSSR count). The molecule has 0 aromatic rings. The molecule has 8 nitrogen and oxygen atoms in total. The molecule has 1 aliphatic heterocycles. The molecule has 0 spiro atoms. The van der Waals surface area contributed by atoms with E-state index in [1.54, 1.807) is 27.7 Å². The summed E-state index contributed by atoms with van der Waals surface area (Å²) < 4.78 is 20.9. The summed E-state index contributed by atoms with van der Waals surface area (Å²) >= 11 is 0. The van der Waals surface area contributed by atoms with Gasteiger partial charge in [0.25, 0.3) is 0 Å². The summed E-state index contributed by atoms with van der Waals surface area (Å²) in [5, 5.41) is 2.91. The topological polar surface area (TPSA) is 100 Å². The first-order chi connectivity index (χ1) is 11.5. The van der Waals surface area contributed by atoms with Crippen LogP contribution in [0.2, 0.25) is 0 Å². The van der Waals surface area contributed by atoms with Gasteiger partial charge in [-0.05, 0) is 40.7 Å². The monoisotopic (exact) mass is 345 g/mol. The van der Waals surface area contributed by atoms with E-state index in [-0.39, 0.29) is 26.4 Å². The zero-order chi connectivity index (χ0) is 18.2. The fourth-order valence-electron chi connectivity index (χ4n) is 2.93. The Hall–Kier alpha value is -1.67. The van der Waals surface area contributed by atoms with E-state index in [1.165, 1.54) is 0 Å². The summed E-state index contributed by atoms with van der Waals surface area (Å²) in [6.07, 6.45) is -0.474. The van der Waals surface area contributed by atoms with Crippen LogP contribution in [0.5, 0.6) is 0 Å². The van der Waals surface area contributed by atoms with Gasteiger partial charge in [-0.25, -0.2) is 0 Å². The number of esters is 3. The second-order valence-corrected chi connectivity index (χ2v) is 5.18. The molecule has 0 aliphatic carbocycles. The van der Waals surface area contributed by atoms with Gasteiger partial charge in [-0.2, -0.15) is 0 Å². The van der Waals surface area contributed by atoms with Crippen LogP contribution in [0.4, 0.5) is 0 Å². The molecule has 1 heterocycles. The van der Waals surface area contributed by atoms with Crippen molar-refractivity contribution >= 4 is 17.9 Å². The molecule has 0 bridgehead atoms. The Morgan fingerprint density at radius 1 is 0.917 bits per heavy atom. The number of ether oxygens (including phenoxy) is 4. The summed E-state index contributed by atoms with van der Waals surface area (Å²) in [4.78, 5) is 38.0. The average molecular weight is 345 g/mol. The number of hydrogen-bond acceptors (Lipinski definition) is 8. The van der Waals surface area contributed by atoms with E-state index in [9.17, 15) is 14.4 Å². The first-order valence-corrected chi connectivity index (χ1v) is 8.36. The number of nitrogens with one attached hydrogen (secondary N) is 1. The smallest absolute Gasteiger partial charge is 0.328 e. The predicted molar refractivity (Wildman–Crippen MR) is 84.2 cm³/mol. The van der Waals surface area contributed by atoms with Crippen molar-refractivity contribution in [3.8, 4) is 0 Å². The Morgan fingerprint density at radius 3 is 1.92 bits per heavy atom. The van der Waals surface area contributed by atoms with E-state index in [2.05, 4.69) is 5.32 Å². The molecule has 0 unspecified atom stereocenters. The summed E-state index contributed by atoms with van der Waals surface area (Å²) in [5.74, 6) is -2.39. The Labute approximate surface area is 142 Å². The molecule has 24 heavy (non-hydrogen) atoms. The van der Waals surface area contributed by atoms with Gasteiger partial charge in [-0.3, -0.25) is 14.4 Å².